The van der Waals surface area contributed by atoms with Crippen LogP contribution in [0.2, 0.25) is 0 Å². The molecule has 0 saturated carbocycles. The van der Waals surface area contributed by atoms with Crippen LogP contribution in [0.1, 0.15) is 49.5 Å². The predicted molar refractivity (Wildman–Crippen MR) is 112 cm³/mol. The number of aliphatic imine (C=N–C) groups is 1. The fraction of sp³-hybridized carbons (Fsp3) is 0.600. The van der Waals surface area contributed by atoms with E-state index in [1.54, 1.807) is 0 Å². The molecule has 1 saturated heterocycles. The van der Waals surface area contributed by atoms with Crippen molar-refractivity contribution in [3.8, 4) is 0 Å². The molecule has 0 bridgehead atoms. The van der Waals surface area contributed by atoms with Crippen molar-refractivity contribution in [3.63, 3.8) is 0 Å². The van der Waals surface area contributed by atoms with Gasteiger partial charge in [0.2, 0.25) is 0 Å². The lowest BCUT2D eigenvalue weighted by molar-refractivity contribution is 0.0953. The number of carbonyl (C=O) groups is 1. The number of rotatable bonds is 6. The van der Waals surface area contributed by atoms with E-state index in [0.717, 1.165) is 49.8 Å². The minimum absolute atomic E-state index is 0.00168. The van der Waals surface area contributed by atoms with E-state index in [-0.39, 0.29) is 10.7 Å². The monoisotopic (exact) mass is 376 g/mol. The van der Waals surface area contributed by atoms with Crippen molar-refractivity contribution in [2.45, 2.75) is 44.9 Å². The van der Waals surface area contributed by atoms with Crippen LogP contribution in [0.4, 0.5) is 0 Å². The van der Waals surface area contributed by atoms with Gasteiger partial charge in [0.1, 0.15) is 0 Å². The molecule has 5 nitrogen and oxygen atoms in total. The Labute approximate surface area is 162 Å². The fourth-order valence-electron chi connectivity index (χ4n) is 2.97. The van der Waals surface area contributed by atoms with Gasteiger partial charge in [0.25, 0.3) is 5.91 Å². The fourth-order valence-corrected chi connectivity index (χ4v) is 4.08. The normalized spacial score (nSPS) is 17.1. The zero-order valence-electron chi connectivity index (χ0n) is 16.5. The molecule has 1 aliphatic heterocycles. The van der Waals surface area contributed by atoms with Gasteiger partial charge in [0, 0.05) is 49.3 Å². The number of carbonyl (C=O) groups excluding carboxylic acids is 1. The van der Waals surface area contributed by atoms with Crippen molar-refractivity contribution in [1.82, 2.24) is 15.5 Å². The summed E-state index contributed by atoms with van der Waals surface area (Å²) in [6, 6.07) is 7.79. The van der Waals surface area contributed by atoms with Gasteiger partial charge in [-0.1, -0.05) is 25.5 Å². The summed E-state index contributed by atoms with van der Waals surface area (Å²) in [5.74, 6) is 2.07. The van der Waals surface area contributed by atoms with E-state index in [9.17, 15) is 4.79 Å². The van der Waals surface area contributed by atoms with Crippen LogP contribution in [0.3, 0.4) is 0 Å². The summed E-state index contributed by atoms with van der Waals surface area (Å²) in [4.78, 5) is 18.8. The Bertz CT molecular complexity index is 613. The molecule has 0 aromatic heterocycles. The summed E-state index contributed by atoms with van der Waals surface area (Å²) >= 11 is 2.02. The number of nitrogens with zero attached hydrogens (tertiary/aromatic N) is 2. The lowest BCUT2D eigenvalue weighted by Gasteiger charge is -2.39. The Balaban J connectivity index is 1.87. The standard InChI is InChI=1S/C20H32N4OS/c1-5-6-11-22-18(25)17-9-7-16(8-10-17)14-23-19(21-4)24-12-13-26-20(2,3)15-24/h7-10H,5-6,11-15H2,1-4H3,(H,21,23)(H,22,25). The largest absolute Gasteiger partial charge is 0.352 e. The first-order chi connectivity index (χ1) is 12.4. The quantitative estimate of drug-likeness (QED) is 0.455. The van der Waals surface area contributed by atoms with E-state index in [4.69, 9.17) is 0 Å². The number of unbranched alkanes of at least 4 members (excludes halogenated alkanes) is 1. The minimum Gasteiger partial charge on any atom is -0.352 e. The van der Waals surface area contributed by atoms with Gasteiger partial charge < -0.3 is 15.5 Å². The highest BCUT2D eigenvalue weighted by Gasteiger charge is 2.28. The van der Waals surface area contributed by atoms with E-state index < -0.39 is 0 Å². The van der Waals surface area contributed by atoms with Crippen LogP contribution in [0.5, 0.6) is 0 Å². The predicted octanol–water partition coefficient (Wildman–Crippen LogP) is 3.12. The number of amides is 1. The molecular weight excluding hydrogens is 344 g/mol. The smallest absolute Gasteiger partial charge is 0.251 e. The Morgan fingerprint density at radius 1 is 1.27 bits per heavy atom. The van der Waals surface area contributed by atoms with E-state index in [2.05, 4.69) is 41.3 Å². The molecular formula is C20H32N4OS. The highest BCUT2D eigenvalue weighted by Crippen LogP contribution is 2.29. The van der Waals surface area contributed by atoms with Gasteiger partial charge >= 0.3 is 0 Å². The van der Waals surface area contributed by atoms with Crippen molar-refractivity contribution in [2.24, 2.45) is 4.99 Å². The third-order valence-electron chi connectivity index (χ3n) is 4.42. The maximum atomic E-state index is 12.1. The van der Waals surface area contributed by atoms with Crippen LogP contribution in [0, 0.1) is 0 Å². The van der Waals surface area contributed by atoms with Crippen LogP contribution < -0.4 is 10.6 Å². The van der Waals surface area contributed by atoms with Gasteiger partial charge in [-0.2, -0.15) is 11.8 Å². The first-order valence-corrected chi connectivity index (χ1v) is 10.4. The van der Waals surface area contributed by atoms with Crippen molar-refractivity contribution in [3.05, 3.63) is 35.4 Å². The van der Waals surface area contributed by atoms with Crippen molar-refractivity contribution >= 4 is 23.6 Å². The topological polar surface area (TPSA) is 56.7 Å². The molecule has 0 aliphatic carbocycles. The molecule has 1 aromatic rings. The Morgan fingerprint density at radius 2 is 2.00 bits per heavy atom. The van der Waals surface area contributed by atoms with Crippen molar-refractivity contribution < 1.29 is 4.79 Å². The van der Waals surface area contributed by atoms with E-state index >= 15 is 0 Å². The van der Waals surface area contributed by atoms with E-state index in [1.165, 1.54) is 0 Å². The maximum absolute atomic E-state index is 12.1. The molecule has 0 spiro atoms. The zero-order chi connectivity index (χ0) is 19.0. The van der Waals surface area contributed by atoms with Crippen molar-refractivity contribution in [2.75, 3.05) is 32.4 Å². The maximum Gasteiger partial charge on any atom is 0.251 e. The second-order valence-corrected chi connectivity index (χ2v) is 9.04. The summed E-state index contributed by atoms with van der Waals surface area (Å²) < 4.78 is 0.253. The van der Waals surface area contributed by atoms with Gasteiger partial charge in [0.15, 0.2) is 5.96 Å². The van der Waals surface area contributed by atoms with Gasteiger partial charge in [-0.15, -0.1) is 0 Å². The highest BCUT2D eigenvalue weighted by molar-refractivity contribution is 8.00. The number of benzene rings is 1. The number of hydrogen-bond donors (Lipinski definition) is 2. The molecule has 1 fully saturated rings. The van der Waals surface area contributed by atoms with E-state index in [0.29, 0.717) is 12.1 Å². The number of nitrogens with one attached hydrogen (secondary N) is 2. The van der Waals surface area contributed by atoms with Crippen LogP contribution in [-0.2, 0) is 6.54 Å². The average Bonchev–Trinajstić information content (AvgIpc) is 2.62. The Hall–Kier alpha value is -1.69. The van der Waals surface area contributed by atoms with Crippen molar-refractivity contribution in [1.29, 1.82) is 0 Å². The van der Waals surface area contributed by atoms with Crippen LogP contribution >= 0.6 is 11.8 Å². The van der Waals surface area contributed by atoms with Crippen LogP contribution in [-0.4, -0.2) is 53.9 Å². The van der Waals surface area contributed by atoms with Gasteiger partial charge in [0.05, 0.1) is 0 Å². The SMILES string of the molecule is CCCCNC(=O)c1ccc(CNC(=NC)N2CCSC(C)(C)C2)cc1. The molecule has 1 heterocycles. The molecule has 1 aliphatic rings. The molecule has 144 valence electrons. The third-order valence-corrected chi connectivity index (χ3v) is 5.72. The molecule has 0 atom stereocenters. The first kappa shape index (κ1) is 20.6. The molecule has 1 amide bonds. The zero-order valence-corrected chi connectivity index (χ0v) is 17.3. The Morgan fingerprint density at radius 3 is 2.62 bits per heavy atom. The number of thioether (sulfide) groups is 1. The minimum atomic E-state index is 0.00168. The molecule has 0 unspecified atom stereocenters. The molecule has 2 N–H and O–H groups in total. The van der Waals surface area contributed by atoms with Crippen LogP contribution in [0.15, 0.2) is 29.3 Å². The molecule has 2 rings (SSSR count). The number of hydrogen-bond acceptors (Lipinski definition) is 3. The summed E-state index contributed by atoms with van der Waals surface area (Å²) in [5.41, 5.74) is 1.85. The van der Waals surface area contributed by atoms with E-state index in [1.807, 2.05) is 43.1 Å². The highest BCUT2D eigenvalue weighted by atomic mass is 32.2. The summed E-state index contributed by atoms with van der Waals surface area (Å²) in [5, 5.41) is 6.40. The first-order valence-electron chi connectivity index (χ1n) is 9.42. The molecule has 6 heteroatoms. The van der Waals surface area contributed by atoms with Crippen LogP contribution in [0.25, 0.3) is 0 Å². The molecule has 1 aromatic carbocycles. The lowest BCUT2D eigenvalue weighted by atomic mass is 10.1. The molecule has 26 heavy (non-hydrogen) atoms. The van der Waals surface area contributed by atoms with Gasteiger partial charge in [-0.05, 0) is 38.0 Å². The van der Waals surface area contributed by atoms with Gasteiger partial charge in [-0.25, -0.2) is 0 Å². The average molecular weight is 377 g/mol. The lowest BCUT2D eigenvalue weighted by Crippen LogP contribution is -2.50. The number of guanidine groups is 1. The third kappa shape index (κ3) is 6.24. The molecule has 0 radical (unpaired) electrons. The summed E-state index contributed by atoms with van der Waals surface area (Å²) in [6.45, 7) is 10.1. The van der Waals surface area contributed by atoms with Gasteiger partial charge in [-0.3, -0.25) is 9.79 Å². The second kappa shape index (κ2) is 9.86. The summed E-state index contributed by atoms with van der Waals surface area (Å²) in [6.07, 6.45) is 2.10. The Kier molecular flexibility index (Phi) is 7.82. The summed E-state index contributed by atoms with van der Waals surface area (Å²) in [7, 11) is 1.83. The second-order valence-electron chi connectivity index (χ2n) is 7.24.